The molecule has 0 aliphatic carbocycles. The highest BCUT2D eigenvalue weighted by atomic mass is 16.5. The molecule has 1 amide bonds. The predicted molar refractivity (Wildman–Crippen MR) is 101 cm³/mol. The zero-order valence-electron chi connectivity index (χ0n) is 15.1. The van der Waals surface area contributed by atoms with E-state index >= 15 is 0 Å². The number of ether oxygens (including phenoxy) is 2. The van der Waals surface area contributed by atoms with Crippen molar-refractivity contribution in [3.8, 4) is 11.5 Å². The van der Waals surface area contributed by atoms with Crippen LogP contribution in [0.25, 0.3) is 0 Å². The highest BCUT2D eigenvalue weighted by Gasteiger charge is 2.03. The van der Waals surface area contributed by atoms with Gasteiger partial charge in [0.1, 0.15) is 17.3 Å². The molecule has 138 valence electrons. The smallest absolute Gasteiger partial charge is 0.257 e. The number of ketones is 1. The summed E-state index contributed by atoms with van der Waals surface area (Å²) >= 11 is 0. The molecule has 1 N–H and O–H groups in total. The Morgan fingerprint density at radius 2 is 1.62 bits per heavy atom. The molecule has 26 heavy (non-hydrogen) atoms. The van der Waals surface area contributed by atoms with E-state index in [2.05, 4.69) is 5.32 Å². The molecule has 0 aliphatic rings. The van der Waals surface area contributed by atoms with E-state index in [1.807, 2.05) is 54.6 Å². The second kappa shape index (κ2) is 10.9. The maximum absolute atomic E-state index is 11.8. The van der Waals surface area contributed by atoms with Gasteiger partial charge in [0.05, 0.1) is 6.61 Å². The van der Waals surface area contributed by atoms with Gasteiger partial charge in [-0.2, -0.15) is 0 Å². The SMILES string of the molecule is CC(=O)CCc1ccc(OCC(=O)NCCCOc2ccccc2)cc1. The van der Waals surface area contributed by atoms with E-state index < -0.39 is 0 Å². The standard InChI is InChI=1S/C21H25NO4/c1-17(23)8-9-18-10-12-20(13-11-18)26-16-21(24)22-14-5-15-25-19-6-3-2-4-7-19/h2-4,6-7,10-13H,5,8-9,14-16H2,1H3,(H,22,24). The minimum absolute atomic E-state index is 0.0215. The van der Waals surface area contributed by atoms with Crippen LogP contribution in [0.1, 0.15) is 25.3 Å². The summed E-state index contributed by atoms with van der Waals surface area (Å²) in [5, 5.41) is 2.80. The normalized spacial score (nSPS) is 10.2. The van der Waals surface area contributed by atoms with Crippen molar-refractivity contribution in [2.75, 3.05) is 19.8 Å². The number of nitrogens with one attached hydrogen (secondary N) is 1. The maximum atomic E-state index is 11.8. The van der Waals surface area contributed by atoms with Crippen LogP contribution in [0.15, 0.2) is 54.6 Å². The summed E-state index contributed by atoms with van der Waals surface area (Å²) in [6.45, 7) is 2.65. The summed E-state index contributed by atoms with van der Waals surface area (Å²) in [5.41, 5.74) is 1.08. The molecule has 0 aromatic heterocycles. The van der Waals surface area contributed by atoms with Gasteiger partial charge in [-0.25, -0.2) is 0 Å². The zero-order valence-corrected chi connectivity index (χ0v) is 15.1. The molecule has 2 rings (SSSR count). The lowest BCUT2D eigenvalue weighted by atomic mass is 10.1. The third-order valence-electron chi connectivity index (χ3n) is 3.71. The number of hydrogen-bond acceptors (Lipinski definition) is 4. The molecule has 2 aromatic carbocycles. The first kappa shape index (κ1) is 19.5. The van der Waals surface area contributed by atoms with Crippen molar-refractivity contribution in [2.45, 2.75) is 26.2 Å². The number of Topliss-reactive ketones (excluding diaryl/α,β-unsaturated/α-hetero) is 1. The second-order valence-corrected chi connectivity index (χ2v) is 6.00. The van der Waals surface area contributed by atoms with Crippen LogP contribution in [0.5, 0.6) is 11.5 Å². The quantitative estimate of drug-likeness (QED) is 0.629. The summed E-state index contributed by atoms with van der Waals surface area (Å²) < 4.78 is 11.0. The monoisotopic (exact) mass is 355 g/mol. The van der Waals surface area contributed by atoms with Gasteiger partial charge in [0.2, 0.25) is 0 Å². The van der Waals surface area contributed by atoms with Crippen LogP contribution in [-0.4, -0.2) is 31.4 Å². The van der Waals surface area contributed by atoms with Gasteiger partial charge >= 0.3 is 0 Å². The van der Waals surface area contributed by atoms with Crippen LogP contribution >= 0.6 is 0 Å². The molecule has 0 saturated carbocycles. The molecule has 0 aliphatic heterocycles. The number of amides is 1. The largest absolute Gasteiger partial charge is 0.494 e. The fourth-order valence-corrected chi connectivity index (χ4v) is 2.28. The summed E-state index contributed by atoms with van der Waals surface area (Å²) in [6.07, 6.45) is 1.99. The molecule has 0 atom stereocenters. The van der Waals surface area contributed by atoms with Crippen LogP contribution in [-0.2, 0) is 16.0 Å². The van der Waals surface area contributed by atoms with E-state index in [-0.39, 0.29) is 18.3 Å². The van der Waals surface area contributed by atoms with Gasteiger partial charge in [0, 0.05) is 13.0 Å². The van der Waals surface area contributed by atoms with Gasteiger partial charge in [0.25, 0.3) is 5.91 Å². The fourth-order valence-electron chi connectivity index (χ4n) is 2.28. The Morgan fingerprint density at radius 1 is 0.923 bits per heavy atom. The summed E-state index contributed by atoms with van der Waals surface area (Å²) in [6, 6.07) is 17.0. The Morgan fingerprint density at radius 3 is 2.31 bits per heavy atom. The Balaban J connectivity index is 1.57. The second-order valence-electron chi connectivity index (χ2n) is 6.00. The van der Waals surface area contributed by atoms with Gasteiger partial charge in [-0.05, 0) is 49.6 Å². The summed E-state index contributed by atoms with van der Waals surface area (Å²) in [7, 11) is 0. The van der Waals surface area contributed by atoms with E-state index in [9.17, 15) is 9.59 Å². The molecule has 0 radical (unpaired) electrons. The van der Waals surface area contributed by atoms with Crippen molar-refractivity contribution in [1.82, 2.24) is 5.32 Å². The van der Waals surface area contributed by atoms with Crippen LogP contribution in [0.3, 0.4) is 0 Å². The van der Waals surface area contributed by atoms with E-state index in [1.54, 1.807) is 6.92 Å². The molecular weight excluding hydrogens is 330 g/mol. The Labute approximate surface area is 154 Å². The van der Waals surface area contributed by atoms with Gasteiger partial charge in [0.15, 0.2) is 6.61 Å². The summed E-state index contributed by atoms with van der Waals surface area (Å²) in [4.78, 5) is 22.8. The van der Waals surface area contributed by atoms with Crippen molar-refractivity contribution in [2.24, 2.45) is 0 Å². The van der Waals surface area contributed by atoms with Crippen molar-refractivity contribution < 1.29 is 19.1 Å². The number of hydrogen-bond donors (Lipinski definition) is 1. The van der Waals surface area contributed by atoms with E-state index in [0.29, 0.717) is 25.3 Å². The van der Waals surface area contributed by atoms with Crippen molar-refractivity contribution in [3.05, 3.63) is 60.2 Å². The molecule has 0 heterocycles. The van der Waals surface area contributed by atoms with E-state index in [0.717, 1.165) is 24.2 Å². The van der Waals surface area contributed by atoms with Crippen LogP contribution < -0.4 is 14.8 Å². The van der Waals surface area contributed by atoms with Gasteiger partial charge in [-0.3, -0.25) is 4.79 Å². The highest BCUT2D eigenvalue weighted by Crippen LogP contribution is 2.13. The Hall–Kier alpha value is -2.82. The Kier molecular flexibility index (Phi) is 8.19. The number of carbonyl (C=O) groups excluding carboxylic acids is 2. The third kappa shape index (κ3) is 7.83. The van der Waals surface area contributed by atoms with Crippen LogP contribution in [0.2, 0.25) is 0 Å². The zero-order chi connectivity index (χ0) is 18.6. The van der Waals surface area contributed by atoms with Gasteiger partial charge in [-0.1, -0.05) is 30.3 Å². The van der Waals surface area contributed by atoms with Crippen molar-refractivity contribution >= 4 is 11.7 Å². The number of aryl methyl sites for hydroxylation is 1. The summed E-state index contributed by atoms with van der Waals surface area (Å²) in [5.74, 6) is 1.48. The number of carbonyl (C=O) groups is 2. The number of benzene rings is 2. The number of rotatable bonds is 11. The van der Waals surface area contributed by atoms with Gasteiger partial charge in [-0.15, -0.1) is 0 Å². The molecule has 0 fully saturated rings. The lowest BCUT2D eigenvalue weighted by Crippen LogP contribution is -2.30. The molecule has 0 unspecified atom stereocenters. The molecule has 0 bridgehead atoms. The molecule has 5 nitrogen and oxygen atoms in total. The molecule has 2 aromatic rings. The molecule has 0 saturated heterocycles. The first-order valence-electron chi connectivity index (χ1n) is 8.79. The van der Waals surface area contributed by atoms with E-state index in [1.165, 1.54) is 0 Å². The molecule has 0 spiro atoms. The average Bonchev–Trinajstić information content (AvgIpc) is 2.66. The van der Waals surface area contributed by atoms with Crippen molar-refractivity contribution in [3.63, 3.8) is 0 Å². The lowest BCUT2D eigenvalue weighted by molar-refractivity contribution is -0.123. The van der Waals surface area contributed by atoms with Crippen LogP contribution in [0.4, 0.5) is 0 Å². The maximum Gasteiger partial charge on any atom is 0.257 e. The molecular formula is C21H25NO4. The topological polar surface area (TPSA) is 64.6 Å². The third-order valence-corrected chi connectivity index (χ3v) is 3.71. The average molecular weight is 355 g/mol. The van der Waals surface area contributed by atoms with E-state index in [4.69, 9.17) is 9.47 Å². The Bertz CT molecular complexity index is 683. The van der Waals surface area contributed by atoms with Gasteiger partial charge < -0.3 is 19.6 Å². The number of para-hydroxylation sites is 1. The predicted octanol–water partition coefficient (Wildman–Crippen LogP) is 3.17. The minimum atomic E-state index is -0.162. The first-order valence-corrected chi connectivity index (χ1v) is 8.79. The van der Waals surface area contributed by atoms with Crippen LogP contribution in [0, 0.1) is 0 Å². The highest BCUT2D eigenvalue weighted by molar-refractivity contribution is 5.77. The first-order chi connectivity index (χ1) is 12.6. The molecule has 5 heteroatoms. The van der Waals surface area contributed by atoms with Crippen molar-refractivity contribution in [1.29, 1.82) is 0 Å². The minimum Gasteiger partial charge on any atom is -0.494 e. The fraction of sp³-hybridized carbons (Fsp3) is 0.333. The lowest BCUT2D eigenvalue weighted by Gasteiger charge is -2.09.